The van der Waals surface area contributed by atoms with E-state index >= 15 is 4.39 Å². The van der Waals surface area contributed by atoms with E-state index in [0.29, 0.717) is 30.3 Å². The fourth-order valence-corrected chi connectivity index (χ4v) is 4.00. The molecule has 0 aliphatic heterocycles. The highest BCUT2D eigenvalue weighted by atomic mass is 19.1. The molecule has 7 heteroatoms. The largest absolute Gasteiger partial charge is 0.490 e. The van der Waals surface area contributed by atoms with Gasteiger partial charge in [0.15, 0.2) is 5.78 Å². The van der Waals surface area contributed by atoms with Crippen molar-refractivity contribution in [3.05, 3.63) is 39.8 Å². The van der Waals surface area contributed by atoms with Crippen LogP contribution in [-0.4, -0.2) is 26.2 Å². The molecule has 6 nitrogen and oxygen atoms in total. The number of aromatic nitrogens is 3. The SMILES string of the molecule is CCc1nn(-c2cc(OC(C)CC3CC3)c(C(=O)CC(CC)CC)cc2F)c(=O)n1C. The van der Waals surface area contributed by atoms with Gasteiger partial charge in [-0.3, -0.25) is 9.36 Å². The Kier molecular flexibility index (Phi) is 7.34. The number of nitrogens with zero attached hydrogens (tertiary/aromatic N) is 3. The number of Topliss-reactive ketones (excluding diaryl/α,β-unsaturated/α-hetero) is 1. The lowest BCUT2D eigenvalue weighted by atomic mass is 9.93. The van der Waals surface area contributed by atoms with E-state index in [-0.39, 0.29) is 29.1 Å². The van der Waals surface area contributed by atoms with Gasteiger partial charge in [0, 0.05) is 26.0 Å². The smallest absolute Gasteiger partial charge is 0.350 e. The summed E-state index contributed by atoms with van der Waals surface area (Å²) in [5.74, 6) is 1.01. The predicted octanol–water partition coefficient (Wildman–Crippen LogP) is 4.85. The monoisotopic (exact) mass is 431 g/mol. The number of ether oxygens (including phenoxy) is 1. The normalized spacial score (nSPS) is 14.8. The van der Waals surface area contributed by atoms with Gasteiger partial charge in [0.1, 0.15) is 23.1 Å². The van der Waals surface area contributed by atoms with E-state index in [1.807, 2.05) is 13.8 Å². The van der Waals surface area contributed by atoms with E-state index in [2.05, 4.69) is 18.9 Å². The molecule has 1 unspecified atom stereocenters. The molecule has 3 rings (SSSR count). The van der Waals surface area contributed by atoms with Crippen molar-refractivity contribution < 1.29 is 13.9 Å². The summed E-state index contributed by atoms with van der Waals surface area (Å²) in [6.07, 6.45) is 5.88. The summed E-state index contributed by atoms with van der Waals surface area (Å²) in [6, 6.07) is 2.68. The second kappa shape index (κ2) is 9.79. The van der Waals surface area contributed by atoms with Gasteiger partial charge in [0.05, 0.1) is 11.7 Å². The summed E-state index contributed by atoms with van der Waals surface area (Å²) in [4.78, 5) is 25.7. The van der Waals surface area contributed by atoms with Crippen molar-refractivity contribution in [2.75, 3.05) is 0 Å². The maximum Gasteiger partial charge on any atom is 0.350 e. The fourth-order valence-electron chi connectivity index (χ4n) is 4.00. The van der Waals surface area contributed by atoms with Crippen LogP contribution in [0.15, 0.2) is 16.9 Å². The standard InChI is InChI=1S/C24H34FN3O3/c1-6-16(7-2)12-21(29)18-13-19(25)20(28-24(30)27(5)23(8-3)26-28)14-22(18)31-15(4)11-17-9-10-17/h13-17H,6-12H2,1-5H3. The Morgan fingerprint density at radius 1 is 1.26 bits per heavy atom. The van der Waals surface area contributed by atoms with Crippen LogP contribution in [0.5, 0.6) is 5.75 Å². The van der Waals surface area contributed by atoms with Crippen molar-refractivity contribution in [3.8, 4) is 11.4 Å². The molecule has 0 N–H and O–H groups in total. The number of aryl methyl sites for hydroxylation is 1. The van der Waals surface area contributed by atoms with E-state index in [1.54, 1.807) is 7.05 Å². The first-order valence-corrected chi connectivity index (χ1v) is 11.5. The molecule has 1 aromatic heterocycles. The predicted molar refractivity (Wildman–Crippen MR) is 119 cm³/mol. The van der Waals surface area contributed by atoms with Gasteiger partial charge in [-0.15, -0.1) is 5.10 Å². The molecule has 1 aromatic carbocycles. The van der Waals surface area contributed by atoms with Crippen molar-refractivity contribution in [1.82, 2.24) is 14.3 Å². The summed E-state index contributed by atoms with van der Waals surface area (Å²) in [7, 11) is 1.62. The molecule has 0 saturated heterocycles. The van der Waals surface area contributed by atoms with Crippen LogP contribution in [0.25, 0.3) is 5.69 Å². The molecule has 0 bridgehead atoms. The Balaban J connectivity index is 2.03. The van der Waals surface area contributed by atoms with Crippen LogP contribution in [0.2, 0.25) is 0 Å². The second-order valence-electron chi connectivity index (χ2n) is 8.74. The van der Waals surface area contributed by atoms with Crippen molar-refractivity contribution in [1.29, 1.82) is 0 Å². The number of hydrogen-bond acceptors (Lipinski definition) is 4. The third-order valence-corrected chi connectivity index (χ3v) is 6.28. The van der Waals surface area contributed by atoms with Crippen molar-refractivity contribution in [2.24, 2.45) is 18.9 Å². The molecule has 1 atom stereocenters. The fraction of sp³-hybridized carbons (Fsp3) is 0.625. The molecule has 2 aromatic rings. The molecule has 0 radical (unpaired) electrons. The Morgan fingerprint density at radius 3 is 2.48 bits per heavy atom. The molecular weight excluding hydrogens is 397 g/mol. The average molecular weight is 432 g/mol. The van der Waals surface area contributed by atoms with Gasteiger partial charge >= 0.3 is 5.69 Å². The first-order chi connectivity index (χ1) is 14.8. The summed E-state index contributed by atoms with van der Waals surface area (Å²) < 4.78 is 23.8. The van der Waals surface area contributed by atoms with E-state index in [1.165, 1.54) is 29.5 Å². The summed E-state index contributed by atoms with van der Waals surface area (Å²) in [5, 5.41) is 4.27. The highest BCUT2D eigenvalue weighted by Gasteiger charge is 2.27. The molecule has 31 heavy (non-hydrogen) atoms. The van der Waals surface area contributed by atoms with Gasteiger partial charge in [-0.1, -0.05) is 46.5 Å². The Hall–Kier alpha value is -2.44. The number of ketones is 1. The molecule has 1 aliphatic rings. The van der Waals surface area contributed by atoms with Gasteiger partial charge in [-0.2, -0.15) is 4.68 Å². The Labute approximate surface area is 183 Å². The third kappa shape index (κ3) is 5.25. The number of carbonyl (C=O) groups excluding carboxylic acids is 1. The van der Waals surface area contributed by atoms with Crippen LogP contribution in [-0.2, 0) is 13.5 Å². The first-order valence-electron chi connectivity index (χ1n) is 11.5. The van der Waals surface area contributed by atoms with Crippen LogP contribution in [0.3, 0.4) is 0 Å². The van der Waals surface area contributed by atoms with Gasteiger partial charge < -0.3 is 4.74 Å². The number of rotatable bonds is 11. The number of halogens is 1. The maximum absolute atomic E-state index is 15.1. The zero-order valence-electron chi connectivity index (χ0n) is 19.3. The Morgan fingerprint density at radius 2 is 1.94 bits per heavy atom. The zero-order chi connectivity index (χ0) is 22.7. The molecule has 1 fully saturated rings. The minimum Gasteiger partial charge on any atom is -0.490 e. The molecule has 1 aliphatic carbocycles. The third-order valence-electron chi connectivity index (χ3n) is 6.28. The van der Waals surface area contributed by atoms with Crippen molar-refractivity contribution >= 4 is 5.78 Å². The summed E-state index contributed by atoms with van der Waals surface area (Å²) in [5.41, 5.74) is -0.174. The Bertz CT molecular complexity index is 987. The van der Waals surface area contributed by atoms with Crippen molar-refractivity contribution in [3.63, 3.8) is 0 Å². The van der Waals surface area contributed by atoms with E-state index < -0.39 is 11.5 Å². The summed E-state index contributed by atoms with van der Waals surface area (Å²) in [6.45, 7) is 7.97. The highest BCUT2D eigenvalue weighted by Crippen LogP contribution is 2.35. The minimum absolute atomic E-state index is 0.00741. The van der Waals surface area contributed by atoms with Gasteiger partial charge in [0.2, 0.25) is 0 Å². The van der Waals surface area contributed by atoms with Gasteiger partial charge in [-0.05, 0) is 31.2 Å². The summed E-state index contributed by atoms with van der Waals surface area (Å²) >= 11 is 0. The van der Waals surface area contributed by atoms with Gasteiger partial charge in [-0.25, -0.2) is 9.18 Å². The highest BCUT2D eigenvalue weighted by molar-refractivity contribution is 5.99. The maximum atomic E-state index is 15.1. The first kappa shape index (κ1) is 23.2. The van der Waals surface area contributed by atoms with Crippen LogP contribution in [0, 0.1) is 17.7 Å². The van der Waals surface area contributed by atoms with E-state index in [0.717, 1.165) is 23.9 Å². The molecule has 1 saturated carbocycles. The molecule has 0 amide bonds. The van der Waals surface area contributed by atoms with E-state index in [4.69, 9.17) is 4.74 Å². The number of benzene rings is 1. The quantitative estimate of drug-likeness (QED) is 0.477. The topological polar surface area (TPSA) is 66.1 Å². The van der Waals surface area contributed by atoms with Crippen LogP contribution < -0.4 is 10.4 Å². The minimum atomic E-state index is -0.655. The molecular formula is C24H34FN3O3. The van der Waals surface area contributed by atoms with Crippen LogP contribution in [0.1, 0.15) is 82.4 Å². The average Bonchev–Trinajstić information content (AvgIpc) is 3.51. The molecule has 1 heterocycles. The lowest BCUT2D eigenvalue weighted by Crippen LogP contribution is -2.23. The lowest BCUT2D eigenvalue weighted by Gasteiger charge is -2.19. The van der Waals surface area contributed by atoms with E-state index in [9.17, 15) is 9.59 Å². The van der Waals surface area contributed by atoms with Crippen LogP contribution in [0.4, 0.5) is 4.39 Å². The van der Waals surface area contributed by atoms with Crippen LogP contribution >= 0.6 is 0 Å². The second-order valence-corrected chi connectivity index (χ2v) is 8.74. The zero-order valence-corrected chi connectivity index (χ0v) is 19.3. The van der Waals surface area contributed by atoms with Gasteiger partial charge in [0.25, 0.3) is 0 Å². The molecule has 0 spiro atoms. The molecule has 170 valence electrons. The number of carbonyl (C=O) groups is 1. The number of hydrogen-bond donors (Lipinski definition) is 0. The lowest BCUT2D eigenvalue weighted by molar-refractivity contribution is 0.0951. The van der Waals surface area contributed by atoms with Crippen molar-refractivity contribution in [2.45, 2.75) is 78.7 Å².